The number of benzene rings is 1. The number of ether oxygens (including phenoxy) is 1. The van der Waals surface area contributed by atoms with Crippen molar-refractivity contribution in [2.75, 3.05) is 32.7 Å². The predicted octanol–water partition coefficient (Wildman–Crippen LogP) is 1.94. The van der Waals surface area contributed by atoms with Crippen LogP contribution in [0, 0.1) is 0 Å². The van der Waals surface area contributed by atoms with Gasteiger partial charge in [0.05, 0.1) is 17.1 Å². The minimum atomic E-state index is -3.60. The zero-order valence-electron chi connectivity index (χ0n) is 17.5. The third kappa shape index (κ3) is 5.76. The molecule has 2 rings (SSSR count). The van der Waals surface area contributed by atoms with E-state index in [0.717, 1.165) is 13.1 Å². The number of likely N-dealkylation sites (N-methyl/N-ethyl adjacent to an activating group) is 1. The van der Waals surface area contributed by atoms with Gasteiger partial charge >= 0.3 is 0 Å². The number of nitrogens with one attached hydrogen (secondary N) is 1. The maximum absolute atomic E-state index is 12.9. The van der Waals surface area contributed by atoms with Crippen LogP contribution in [-0.4, -0.2) is 74.5 Å². The highest BCUT2D eigenvalue weighted by Gasteiger charge is 2.32. The summed E-state index contributed by atoms with van der Waals surface area (Å²) in [7, 11) is -3.60. The van der Waals surface area contributed by atoms with E-state index >= 15 is 0 Å². The molecule has 1 aromatic carbocycles. The monoisotopic (exact) mass is 411 g/mol. The van der Waals surface area contributed by atoms with Crippen LogP contribution < -0.4 is 5.32 Å². The smallest absolute Gasteiger partial charge is 0.251 e. The quantitative estimate of drug-likeness (QED) is 0.707. The lowest BCUT2D eigenvalue weighted by molar-refractivity contribution is -0.0440. The number of carbonyl (C=O) groups excluding carboxylic acids is 1. The van der Waals surface area contributed by atoms with Crippen LogP contribution in [0.1, 0.15) is 45.0 Å². The highest BCUT2D eigenvalue weighted by Crippen LogP contribution is 2.21. The molecule has 1 saturated heterocycles. The summed E-state index contributed by atoms with van der Waals surface area (Å²) in [5, 5.41) is 2.89. The molecule has 1 aliphatic rings. The topological polar surface area (TPSA) is 79.0 Å². The summed E-state index contributed by atoms with van der Waals surface area (Å²) < 4.78 is 32.8. The number of hydrogen-bond acceptors (Lipinski definition) is 5. The number of sulfonamides is 1. The second-order valence-electron chi connectivity index (χ2n) is 7.58. The normalized spacial score (nSPS) is 21.2. The number of hydrogen-bond donors (Lipinski definition) is 1. The third-order valence-corrected chi connectivity index (χ3v) is 6.81. The molecule has 0 aromatic heterocycles. The van der Waals surface area contributed by atoms with E-state index in [2.05, 4.69) is 31.0 Å². The standard InChI is InChI=1S/C20H33N3O4S/c1-6-22(15(2)3)12-11-21-20(24)18-7-9-19(10-8-18)28(25,26)23-13-16(4)27-17(5)14-23/h7-10,15-17H,6,11-14H2,1-5H3,(H,21,24). The van der Waals surface area contributed by atoms with E-state index in [1.165, 1.54) is 16.4 Å². The van der Waals surface area contributed by atoms with Crippen LogP contribution >= 0.6 is 0 Å². The molecule has 1 aromatic rings. The summed E-state index contributed by atoms with van der Waals surface area (Å²) in [6, 6.07) is 6.56. The number of carbonyl (C=O) groups is 1. The molecule has 0 spiro atoms. The molecule has 7 nitrogen and oxygen atoms in total. The van der Waals surface area contributed by atoms with Gasteiger partial charge in [-0.15, -0.1) is 0 Å². The number of rotatable bonds is 8. The Kier molecular flexibility index (Phi) is 8.00. The van der Waals surface area contributed by atoms with Gasteiger partial charge in [0.1, 0.15) is 0 Å². The Hall–Kier alpha value is -1.48. The number of nitrogens with zero attached hydrogens (tertiary/aromatic N) is 2. The molecule has 1 N–H and O–H groups in total. The minimum absolute atomic E-state index is 0.142. The van der Waals surface area contributed by atoms with Crippen LogP contribution in [-0.2, 0) is 14.8 Å². The first-order valence-electron chi connectivity index (χ1n) is 9.93. The second-order valence-corrected chi connectivity index (χ2v) is 9.52. The summed E-state index contributed by atoms with van der Waals surface area (Å²) in [4.78, 5) is 14.8. The summed E-state index contributed by atoms with van der Waals surface area (Å²) in [6.07, 6.45) is -0.283. The van der Waals surface area contributed by atoms with Crippen LogP contribution in [0.15, 0.2) is 29.2 Å². The van der Waals surface area contributed by atoms with E-state index < -0.39 is 10.0 Å². The highest BCUT2D eigenvalue weighted by atomic mass is 32.2. The van der Waals surface area contributed by atoms with Crippen molar-refractivity contribution in [3.8, 4) is 0 Å². The minimum Gasteiger partial charge on any atom is -0.373 e. The molecule has 28 heavy (non-hydrogen) atoms. The largest absolute Gasteiger partial charge is 0.373 e. The van der Waals surface area contributed by atoms with Gasteiger partial charge in [0.25, 0.3) is 5.91 Å². The van der Waals surface area contributed by atoms with Gasteiger partial charge < -0.3 is 10.1 Å². The summed E-state index contributed by atoms with van der Waals surface area (Å²) in [5.41, 5.74) is 0.454. The van der Waals surface area contributed by atoms with Crippen LogP contribution in [0.3, 0.4) is 0 Å². The van der Waals surface area contributed by atoms with Gasteiger partial charge in [0, 0.05) is 37.8 Å². The fourth-order valence-corrected chi connectivity index (χ4v) is 5.04. The molecule has 1 fully saturated rings. The second kappa shape index (κ2) is 9.82. The van der Waals surface area contributed by atoms with E-state index in [1.807, 2.05) is 13.8 Å². The Morgan fingerprint density at radius 1 is 1.21 bits per heavy atom. The number of morpholine rings is 1. The highest BCUT2D eigenvalue weighted by molar-refractivity contribution is 7.89. The first-order chi connectivity index (χ1) is 13.1. The van der Waals surface area contributed by atoms with Gasteiger partial charge in [0.2, 0.25) is 10.0 Å². The summed E-state index contributed by atoms with van der Waals surface area (Å²) in [6.45, 7) is 13.0. The van der Waals surface area contributed by atoms with Crippen molar-refractivity contribution in [3.63, 3.8) is 0 Å². The van der Waals surface area contributed by atoms with Crippen LogP contribution in [0.2, 0.25) is 0 Å². The Morgan fingerprint density at radius 3 is 2.29 bits per heavy atom. The molecule has 0 aliphatic carbocycles. The van der Waals surface area contributed by atoms with E-state index in [0.29, 0.717) is 31.2 Å². The molecule has 1 aliphatic heterocycles. The van der Waals surface area contributed by atoms with Gasteiger partial charge in [-0.2, -0.15) is 4.31 Å². The number of amides is 1. The summed E-state index contributed by atoms with van der Waals surface area (Å²) >= 11 is 0. The lowest BCUT2D eigenvalue weighted by Gasteiger charge is -2.34. The first kappa shape index (κ1) is 22.8. The van der Waals surface area contributed by atoms with Crippen molar-refractivity contribution < 1.29 is 17.9 Å². The maximum Gasteiger partial charge on any atom is 0.251 e. The predicted molar refractivity (Wildman–Crippen MR) is 110 cm³/mol. The van der Waals surface area contributed by atoms with Crippen LogP contribution in [0.4, 0.5) is 0 Å². The molecule has 2 unspecified atom stereocenters. The van der Waals surface area contributed by atoms with E-state index in [-0.39, 0.29) is 23.0 Å². The lowest BCUT2D eigenvalue weighted by atomic mass is 10.2. The molecule has 1 heterocycles. The lowest BCUT2D eigenvalue weighted by Crippen LogP contribution is -2.48. The SMILES string of the molecule is CCN(CCNC(=O)c1ccc(S(=O)(=O)N2CC(C)OC(C)C2)cc1)C(C)C. The van der Waals surface area contributed by atoms with Gasteiger partial charge in [0.15, 0.2) is 0 Å². The Balaban J connectivity index is 1.99. The fourth-order valence-electron chi connectivity index (χ4n) is 3.45. The van der Waals surface area contributed by atoms with E-state index in [4.69, 9.17) is 4.74 Å². The van der Waals surface area contributed by atoms with Crippen molar-refractivity contribution in [3.05, 3.63) is 29.8 Å². The van der Waals surface area contributed by atoms with Crippen molar-refractivity contribution >= 4 is 15.9 Å². The van der Waals surface area contributed by atoms with Crippen LogP contribution in [0.5, 0.6) is 0 Å². The fraction of sp³-hybridized carbons (Fsp3) is 0.650. The zero-order valence-corrected chi connectivity index (χ0v) is 18.3. The molecule has 0 radical (unpaired) electrons. The van der Waals surface area contributed by atoms with Gasteiger partial charge in [-0.05, 0) is 58.5 Å². The molecule has 0 bridgehead atoms. The van der Waals surface area contributed by atoms with Crippen molar-refractivity contribution in [2.24, 2.45) is 0 Å². The van der Waals surface area contributed by atoms with Crippen molar-refractivity contribution in [1.82, 2.24) is 14.5 Å². The van der Waals surface area contributed by atoms with Crippen LogP contribution in [0.25, 0.3) is 0 Å². The van der Waals surface area contributed by atoms with Gasteiger partial charge in [-0.1, -0.05) is 6.92 Å². The molecule has 158 valence electrons. The maximum atomic E-state index is 12.9. The van der Waals surface area contributed by atoms with Gasteiger partial charge in [-0.3, -0.25) is 9.69 Å². The average Bonchev–Trinajstić information content (AvgIpc) is 2.64. The first-order valence-corrected chi connectivity index (χ1v) is 11.4. The van der Waals surface area contributed by atoms with E-state index in [9.17, 15) is 13.2 Å². The Bertz CT molecular complexity index is 739. The molecule has 0 saturated carbocycles. The Labute approximate surface area is 169 Å². The average molecular weight is 412 g/mol. The third-order valence-electron chi connectivity index (χ3n) is 4.96. The Morgan fingerprint density at radius 2 is 1.79 bits per heavy atom. The van der Waals surface area contributed by atoms with Crippen molar-refractivity contribution in [1.29, 1.82) is 0 Å². The van der Waals surface area contributed by atoms with Crippen molar-refractivity contribution in [2.45, 2.75) is 57.8 Å². The summed E-state index contributed by atoms with van der Waals surface area (Å²) in [5.74, 6) is -0.197. The zero-order chi connectivity index (χ0) is 20.9. The molecule has 1 amide bonds. The molecular weight excluding hydrogens is 378 g/mol. The van der Waals surface area contributed by atoms with Gasteiger partial charge in [-0.25, -0.2) is 8.42 Å². The molecular formula is C20H33N3O4S. The van der Waals surface area contributed by atoms with E-state index in [1.54, 1.807) is 12.1 Å². The molecule has 2 atom stereocenters. The molecule has 8 heteroatoms.